The van der Waals surface area contributed by atoms with Gasteiger partial charge in [-0.3, -0.25) is 9.00 Å². The molecule has 0 fully saturated rings. The summed E-state index contributed by atoms with van der Waals surface area (Å²) in [6.45, 7) is 2.03. The molecular weight excluding hydrogens is 557 g/mol. The number of aromatic nitrogens is 1. The number of alkyl carbamates (subject to hydrolysis) is 1. The maximum Gasteiger partial charge on any atom is 0.407 e. The molecule has 1 unspecified atom stereocenters. The summed E-state index contributed by atoms with van der Waals surface area (Å²) in [7, 11) is 1.25. The molecule has 2 aromatic carbocycles. The van der Waals surface area contributed by atoms with Crippen LogP contribution in [0.5, 0.6) is 0 Å². The lowest BCUT2D eigenvalue weighted by molar-refractivity contribution is -0.123. The normalized spacial score (nSPS) is 13.2. The smallest absolute Gasteiger partial charge is 0.407 e. The summed E-state index contributed by atoms with van der Waals surface area (Å²) in [5.41, 5.74) is 4.00. The van der Waals surface area contributed by atoms with Gasteiger partial charge in [-0.25, -0.2) is 9.78 Å². The van der Waals surface area contributed by atoms with Crippen LogP contribution in [-0.2, 0) is 33.6 Å². The van der Waals surface area contributed by atoms with Crippen LogP contribution in [0.25, 0.3) is 9.88 Å². The van der Waals surface area contributed by atoms with Gasteiger partial charge in [-0.1, -0.05) is 42.5 Å². The molecular formula is C27H27N4O5S3-. The number of carbonyl (C=O) groups is 2. The van der Waals surface area contributed by atoms with Crippen molar-refractivity contribution in [3.8, 4) is 9.88 Å². The Morgan fingerprint density at radius 3 is 2.36 bits per heavy atom. The number of nitrogens with one attached hydrogen (secondary N) is 3. The maximum absolute atomic E-state index is 13.6. The number of ether oxygens (including phenoxy) is 1. The minimum atomic E-state index is -2.42. The van der Waals surface area contributed by atoms with Crippen LogP contribution in [0.1, 0.15) is 28.4 Å². The lowest BCUT2D eigenvalue weighted by Crippen LogP contribution is -2.49. The zero-order valence-electron chi connectivity index (χ0n) is 21.2. The first-order chi connectivity index (χ1) is 18.8. The molecule has 4 aromatic rings. The monoisotopic (exact) mass is 583 g/mol. The predicted octanol–water partition coefficient (Wildman–Crippen LogP) is 4.75. The minimum Gasteiger partial charge on any atom is -0.755 e. The van der Waals surface area contributed by atoms with E-state index in [1.54, 1.807) is 35.6 Å². The van der Waals surface area contributed by atoms with Crippen molar-refractivity contribution < 1.29 is 23.1 Å². The average molecular weight is 584 g/mol. The Labute approximate surface area is 237 Å². The van der Waals surface area contributed by atoms with Gasteiger partial charge in [0.25, 0.3) is 0 Å². The largest absolute Gasteiger partial charge is 0.755 e. The van der Waals surface area contributed by atoms with E-state index in [9.17, 15) is 18.4 Å². The van der Waals surface area contributed by atoms with Gasteiger partial charge in [0.1, 0.15) is 11.0 Å². The average Bonchev–Trinajstić information content (AvgIpc) is 3.58. The molecule has 9 nitrogen and oxygen atoms in total. The maximum atomic E-state index is 13.6. The molecule has 0 saturated heterocycles. The molecule has 4 rings (SSSR count). The second kappa shape index (κ2) is 13.5. The second-order valence-corrected chi connectivity index (χ2v) is 11.1. The lowest BCUT2D eigenvalue weighted by Gasteiger charge is -2.23. The highest BCUT2D eigenvalue weighted by Gasteiger charge is 2.26. The number of benzene rings is 2. The zero-order valence-corrected chi connectivity index (χ0v) is 23.7. The van der Waals surface area contributed by atoms with Crippen molar-refractivity contribution in [2.24, 2.45) is 0 Å². The van der Waals surface area contributed by atoms with Crippen molar-refractivity contribution in [3.63, 3.8) is 0 Å². The summed E-state index contributed by atoms with van der Waals surface area (Å²) in [6.07, 6.45) is -0.0293. The van der Waals surface area contributed by atoms with Crippen LogP contribution in [0.2, 0.25) is 0 Å². The highest BCUT2D eigenvalue weighted by Crippen LogP contribution is 2.33. The van der Waals surface area contributed by atoms with E-state index in [1.165, 1.54) is 18.4 Å². The Kier molecular flexibility index (Phi) is 9.82. The Hall–Kier alpha value is -3.58. The van der Waals surface area contributed by atoms with Crippen molar-refractivity contribution >= 4 is 51.6 Å². The summed E-state index contributed by atoms with van der Waals surface area (Å²) >= 11 is 0.688. The summed E-state index contributed by atoms with van der Waals surface area (Å²) in [4.78, 5) is 31.5. The first-order valence-electron chi connectivity index (χ1n) is 12.0. The first kappa shape index (κ1) is 28.4. The molecule has 0 aliphatic heterocycles. The number of hydrogen-bond donors (Lipinski definition) is 3. The molecule has 39 heavy (non-hydrogen) atoms. The number of nitrogens with zero attached hydrogens (tertiary/aromatic N) is 1. The molecule has 0 aliphatic carbocycles. The Morgan fingerprint density at radius 2 is 1.72 bits per heavy atom. The molecule has 2 heterocycles. The number of carbonyl (C=O) groups excluding carboxylic acids is 2. The number of methoxy groups -OCH3 is 1. The van der Waals surface area contributed by atoms with E-state index in [0.717, 1.165) is 26.6 Å². The fourth-order valence-corrected chi connectivity index (χ4v) is 6.25. The molecule has 2 aromatic heterocycles. The fourth-order valence-electron chi connectivity index (χ4n) is 3.95. The highest BCUT2D eigenvalue weighted by molar-refractivity contribution is 7.80. The molecule has 0 bridgehead atoms. The third-order valence-corrected chi connectivity index (χ3v) is 8.36. The topological polar surface area (TPSA) is 132 Å². The minimum absolute atomic E-state index is 0.276. The van der Waals surface area contributed by atoms with E-state index < -0.39 is 29.4 Å². The van der Waals surface area contributed by atoms with Crippen LogP contribution in [0.3, 0.4) is 0 Å². The van der Waals surface area contributed by atoms with E-state index in [1.807, 2.05) is 54.1 Å². The van der Waals surface area contributed by atoms with E-state index in [0.29, 0.717) is 17.8 Å². The Balaban J connectivity index is 1.60. The van der Waals surface area contributed by atoms with Gasteiger partial charge >= 0.3 is 6.09 Å². The van der Waals surface area contributed by atoms with Crippen LogP contribution in [0.15, 0.2) is 71.4 Å². The molecule has 12 heteroatoms. The van der Waals surface area contributed by atoms with Gasteiger partial charge in [-0.15, -0.1) is 22.7 Å². The van der Waals surface area contributed by atoms with E-state index in [2.05, 4.69) is 15.4 Å². The lowest BCUT2D eigenvalue weighted by atomic mass is 10.0. The number of hydrogen-bond acceptors (Lipinski definition) is 8. The van der Waals surface area contributed by atoms with Gasteiger partial charge < -0.3 is 24.6 Å². The van der Waals surface area contributed by atoms with Crippen molar-refractivity contribution in [1.82, 2.24) is 15.6 Å². The van der Waals surface area contributed by atoms with Crippen molar-refractivity contribution in [2.75, 3.05) is 11.8 Å². The zero-order chi connectivity index (χ0) is 27.8. The number of aryl methyl sites for hydroxylation is 1. The summed E-state index contributed by atoms with van der Waals surface area (Å²) < 4.78 is 29.0. The molecule has 3 N–H and O–H groups in total. The Morgan fingerprint density at radius 1 is 1.00 bits per heavy atom. The van der Waals surface area contributed by atoms with E-state index in [4.69, 9.17) is 9.72 Å². The standard InChI is InChI=1S/C27H28N4O5S3/c1-17-12-13-37-24(17)26-29-23(16-38-26)21(14-19-8-10-20(11-9-19)31-39(34)35)28-25(32)22(30-27(33)36-2)15-18-6-4-3-5-7-18/h3-13,16,21-22,31H,14-15H2,1-2H3,(H,28,32)(H,30,33)(H,34,35)/p-1/t21-,22-/m0/s1. The quantitative estimate of drug-likeness (QED) is 0.218. The molecule has 0 spiro atoms. The fraction of sp³-hybridized carbons (Fsp3) is 0.222. The third kappa shape index (κ3) is 7.96. The second-order valence-electron chi connectivity index (χ2n) is 8.69. The molecule has 3 atom stereocenters. The van der Waals surface area contributed by atoms with Gasteiger partial charge in [-0.05, 0) is 53.6 Å². The van der Waals surface area contributed by atoms with Gasteiger partial charge in [0, 0.05) is 28.8 Å². The predicted molar refractivity (Wildman–Crippen MR) is 153 cm³/mol. The van der Waals surface area contributed by atoms with Gasteiger partial charge in [0.05, 0.1) is 23.7 Å². The summed E-state index contributed by atoms with van der Waals surface area (Å²) in [5, 5.41) is 10.5. The molecule has 204 valence electrons. The molecule has 2 amide bonds. The van der Waals surface area contributed by atoms with Gasteiger partial charge in [-0.2, -0.15) is 0 Å². The van der Waals surface area contributed by atoms with Crippen LogP contribution in [-0.4, -0.2) is 38.9 Å². The van der Waals surface area contributed by atoms with Crippen LogP contribution in [0.4, 0.5) is 10.5 Å². The van der Waals surface area contributed by atoms with Crippen molar-refractivity contribution in [1.29, 1.82) is 0 Å². The first-order valence-corrected chi connectivity index (χ1v) is 14.8. The number of amides is 2. The van der Waals surface area contributed by atoms with E-state index in [-0.39, 0.29) is 12.3 Å². The number of rotatable bonds is 11. The Bertz CT molecular complexity index is 1420. The number of thiophene rings is 1. The van der Waals surface area contributed by atoms with Gasteiger partial charge in [0.15, 0.2) is 0 Å². The highest BCUT2D eigenvalue weighted by atomic mass is 32.2. The molecule has 0 aliphatic rings. The number of anilines is 1. The third-order valence-electron chi connectivity index (χ3n) is 5.92. The van der Waals surface area contributed by atoms with Gasteiger partial charge in [0.2, 0.25) is 5.91 Å². The van der Waals surface area contributed by atoms with Crippen LogP contribution >= 0.6 is 22.7 Å². The summed E-state index contributed by atoms with van der Waals surface area (Å²) in [5.74, 6) is -0.379. The SMILES string of the molecule is COC(=O)N[C@@H](Cc1ccccc1)C(=O)N[C@@H](Cc1ccc(NS(=O)[O-])cc1)c1csc(-c2sccc2C)n1. The van der Waals surface area contributed by atoms with Crippen molar-refractivity contribution in [3.05, 3.63) is 93.8 Å². The van der Waals surface area contributed by atoms with Crippen molar-refractivity contribution in [2.45, 2.75) is 31.8 Å². The van der Waals surface area contributed by atoms with E-state index >= 15 is 0 Å². The van der Waals surface area contributed by atoms with Crippen LogP contribution < -0.4 is 15.4 Å². The summed E-state index contributed by atoms with van der Waals surface area (Å²) in [6, 6.07) is 16.9. The van der Waals surface area contributed by atoms with Crippen LogP contribution in [0, 0.1) is 6.92 Å². The number of thiazole rings is 1. The molecule has 0 saturated carbocycles. The molecule has 0 radical (unpaired) electrons.